The van der Waals surface area contributed by atoms with E-state index >= 15 is 0 Å². The van der Waals surface area contributed by atoms with Gasteiger partial charge >= 0.3 is 20.1 Å². The quantitative estimate of drug-likeness (QED) is 0.116. The molecule has 0 bridgehead atoms. The van der Waals surface area contributed by atoms with Gasteiger partial charge in [0.15, 0.2) is 0 Å². The monoisotopic (exact) mass is 745 g/mol. The van der Waals surface area contributed by atoms with Gasteiger partial charge in [-0.25, -0.2) is 0 Å². The molecule has 0 amide bonds. The van der Waals surface area contributed by atoms with Crippen LogP contribution in [0, 0.1) is 18.9 Å². The molecular formula is C38H26IrN5. The Balaban J connectivity index is 0.000000135. The van der Waals surface area contributed by atoms with Crippen molar-refractivity contribution in [3.63, 3.8) is 0 Å². The summed E-state index contributed by atoms with van der Waals surface area (Å²) in [7, 11) is 2.13. The zero-order valence-corrected chi connectivity index (χ0v) is 26.3. The predicted molar refractivity (Wildman–Crippen MR) is 175 cm³/mol. The van der Waals surface area contributed by atoms with E-state index in [1.165, 1.54) is 49.3 Å². The first-order valence-corrected chi connectivity index (χ1v) is 14.6. The fourth-order valence-electron chi connectivity index (χ4n) is 7.02. The van der Waals surface area contributed by atoms with Crippen LogP contribution in [0.25, 0.3) is 60.0 Å². The number of anilines is 1. The smallest absolute Gasteiger partial charge is 0.521 e. The van der Waals surface area contributed by atoms with Crippen molar-refractivity contribution < 1.29 is 20.1 Å². The molecule has 2 aliphatic heterocycles. The van der Waals surface area contributed by atoms with Crippen LogP contribution >= 0.6 is 0 Å². The van der Waals surface area contributed by atoms with Gasteiger partial charge < -0.3 is 24.2 Å². The van der Waals surface area contributed by atoms with E-state index in [9.17, 15) is 0 Å². The molecular weight excluding hydrogens is 719 g/mol. The third-order valence-corrected chi connectivity index (χ3v) is 8.85. The Bertz CT molecular complexity index is 2310. The first kappa shape index (κ1) is 27.0. The van der Waals surface area contributed by atoms with Crippen LogP contribution in [0.4, 0.5) is 5.69 Å². The Morgan fingerprint density at radius 1 is 0.795 bits per heavy atom. The van der Waals surface area contributed by atoms with Gasteiger partial charge in [-0.2, -0.15) is 30.9 Å². The van der Waals surface area contributed by atoms with E-state index in [0.717, 1.165) is 28.5 Å². The average molecular weight is 745 g/mol. The average Bonchev–Trinajstić information content (AvgIpc) is 3.72. The SMILES string of the molecule is CN1[CH-]N2c3[c-]cccc3-c3ccccc3C2C1.[Ir+3].[c-]1ncn2c1c1ncccc1c1c3c(ccc4ccccc43)ccc12. The van der Waals surface area contributed by atoms with Crippen LogP contribution in [0.1, 0.15) is 11.6 Å². The number of fused-ring (bicyclic) bond motifs is 16. The van der Waals surface area contributed by atoms with Crippen LogP contribution in [-0.4, -0.2) is 32.9 Å². The molecule has 0 saturated carbocycles. The number of para-hydroxylation sites is 1. The molecule has 1 unspecified atom stereocenters. The summed E-state index contributed by atoms with van der Waals surface area (Å²) in [6, 6.07) is 40.2. The van der Waals surface area contributed by atoms with Crippen LogP contribution in [0.2, 0.25) is 0 Å². The molecule has 8 aromatic rings. The van der Waals surface area contributed by atoms with Crippen LogP contribution in [0.5, 0.6) is 0 Å². The normalized spacial score (nSPS) is 15.6. The molecule has 6 heteroatoms. The van der Waals surface area contributed by atoms with E-state index in [2.05, 4.69) is 141 Å². The molecule has 0 aliphatic carbocycles. The summed E-state index contributed by atoms with van der Waals surface area (Å²) in [4.78, 5) is 13.5. The Labute approximate surface area is 268 Å². The van der Waals surface area contributed by atoms with E-state index in [0.29, 0.717) is 6.04 Å². The summed E-state index contributed by atoms with van der Waals surface area (Å²) < 4.78 is 2.09. The van der Waals surface area contributed by atoms with Crippen LogP contribution in [-0.2, 0) is 20.1 Å². The van der Waals surface area contributed by atoms with E-state index in [4.69, 9.17) is 0 Å². The summed E-state index contributed by atoms with van der Waals surface area (Å²) in [5.41, 5.74) is 8.25. The first-order valence-electron chi connectivity index (χ1n) is 14.6. The van der Waals surface area contributed by atoms with Gasteiger partial charge in [-0.3, -0.25) is 0 Å². The van der Waals surface area contributed by atoms with Crippen molar-refractivity contribution in [3.05, 3.63) is 140 Å². The van der Waals surface area contributed by atoms with Gasteiger partial charge in [0.1, 0.15) is 0 Å². The van der Waals surface area contributed by atoms with Crippen molar-refractivity contribution in [2.24, 2.45) is 0 Å². The second kappa shape index (κ2) is 10.5. The number of nitrogens with zero attached hydrogens (tertiary/aromatic N) is 5. The molecule has 0 spiro atoms. The zero-order valence-electron chi connectivity index (χ0n) is 23.9. The van der Waals surface area contributed by atoms with Crippen molar-refractivity contribution in [3.8, 4) is 11.1 Å². The number of hydrogen-bond donors (Lipinski definition) is 0. The summed E-state index contributed by atoms with van der Waals surface area (Å²) in [6.45, 7) is 3.23. The molecule has 3 aromatic heterocycles. The van der Waals surface area contributed by atoms with Crippen LogP contribution in [0.15, 0.2) is 116 Å². The van der Waals surface area contributed by atoms with E-state index in [-0.39, 0.29) is 20.1 Å². The molecule has 1 fully saturated rings. The largest absolute Gasteiger partial charge is 3.00 e. The molecule has 10 rings (SSSR count). The molecule has 1 saturated heterocycles. The second-order valence-corrected chi connectivity index (χ2v) is 11.3. The second-order valence-electron chi connectivity index (χ2n) is 11.3. The van der Waals surface area contributed by atoms with Crippen molar-refractivity contribution >= 4 is 54.6 Å². The summed E-state index contributed by atoms with van der Waals surface area (Å²) in [5.74, 6) is 0. The third kappa shape index (κ3) is 3.99. The zero-order chi connectivity index (χ0) is 28.5. The van der Waals surface area contributed by atoms with E-state index in [1.54, 1.807) is 0 Å². The van der Waals surface area contributed by atoms with Gasteiger partial charge in [-0.1, -0.05) is 84.6 Å². The van der Waals surface area contributed by atoms with Crippen molar-refractivity contribution in [1.29, 1.82) is 0 Å². The maximum absolute atomic E-state index is 4.63. The molecule has 212 valence electrons. The van der Waals surface area contributed by atoms with Gasteiger partial charge in [-0.05, 0) is 75.6 Å². The number of rotatable bonds is 0. The van der Waals surface area contributed by atoms with Crippen molar-refractivity contribution in [1.82, 2.24) is 19.3 Å². The van der Waals surface area contributed by atoms with Crippen LogP contribution < -0.4 is 4.90 Å². The number of imidazole rings is 1. The van der Waals surface area contributed by atoms with Crippen molar-refractivity contribution in [2.45, 2.75) is 6.04 Å². The van der Waals surface area contributed by atoms with E-state index in [1.807, 2.05) is 24.7 Å². The number of likely N-dealkylation sites (N-methyl/N-ethyl adjacent to an activating group) is 1. The maximum atomic E-state index is 4.63. The molecule has 5 heterocycles. The number of aromatic nitrogens is 3. The van der Waals surface area contributed by atoms with Gasteiger partial charge in [0.05, 0.1) is 0 Å². The summed E-state index contributed by atoms with van der Waals surface area (Å²) >= 11 is 0. The predicted octanol–water partition coefficient (Wildman–Crippen LogP) is 8.22. The number of benzene rings is 5. The molecule has 44 heavy (non-hydrogen) atoms. The minimum atomic E-state index is 0. The van der Waals surface area contributed by atoms with Gasteiger partial charge in [0.2, 0.25) is 0 Å². The molecule has 5 nitrogen and oxygen atoms in total. The third-order valence-electron chi connectivity index (χ3n) is 8.85. The van der Waals surface area contributed by atoms with Gasteiger partial charge in [-0.15, -0.1) is 11.3 Å². The number of pyridine rings is 2. The molecule has 1 atom stereocenters. The van der Waals surface area contributed by atoms with Gasteiger partial charge in [0, 0.05) is 23.1 Å². The maximum Gasteiger partial charge on any atom is 3.00 e. The standard InChI is InChI=1S/C22H12N3.C16H14N2.Ir/c1-2-5-16-14(4-1)7-8-15-9-10-18-21(20(15)16)17-6-3-11-24-22(17)19-12-23-13-25(18)19;1-17-10-16-14-8-3-2-6-12(14)13-7-4-5-9-15(13)18(16)11-17;/h1-11,13H;2-8,11,16H,10H2,1H3;/q-1;-2;+3. The fourth-order valence-corrected chi connectivity index (χ4v) is 7.02. The summed E-state index contributed by atoms with van der Waals surface area (Å²) in [6.07, 6.45) is 6.74. The molecule has 0 N–H and O–H groups in total. The fraction of sp³-hybridized carbons (Fsp3) is 0.0789. The first-order chi connectivity index (χ1) is 21.3. The van der Waals surface area contributed by atoms with Gasteiger partial charge in [0.25, 0.3) is 0 Å². The minimum Gasteiger partial charge on any atom is -0.521 e. The molecule has 2 aliphatic rings. The Kier molecular flexibility index (Phi) is 6.46. The Hall–Kier alpha value is -4.61. The Morgan fingerprint density at radius 2 is 1.59 bits per heavy atom. The Morgan fingerprint density at radius 3 is 2.55 bits per heavy atom. The summed E-state index contributed by atoms with van der Waals surface area (Å²) in [5, 5.41) is 7.38. The molecule has 5 aromatic carbocycles. The van der Waals surface area contributed by atoms with Crippen molar-refractivity contribution in [2.75, 3.05) is 18.5 Å². The topological polar surface area (TPSA) is 36.7 Å². The van der Waals surface area contributed by atoms with Crippen LogP contribution in [0.3, 0.4) is 0 Å². The molecule has 0 radical (unpaired) electrons. The number of hydrogen-bond acceptors (Lipinski definition) is 4. The minimum absolute atomic E-state index is 0. The van der Waals surface area contributed by atoms with E-state index < -0.39 is 0 Å².